The summed E-state index contributed by atoms with van der Waals surface area (Å²) < 4.78 is 23.2. The molecule has 0 aliphatic rings. The largest absolute Gasteiger partial charge is 0.756 e. The zero-order chi connectivity index (χ0) is 51.3. The molecule has 0 radical (unpaired) electrons. The lowest BCUT2D eigenvalue weighted by molar-refractivity contribution is -0.870. The Morgan fingerprint density at radius 2 is 0.871 bits per heavy atom. The van der Waals surface area contributed by atoms with E-state index in [1.165, 1.54) is 186 Å². The Hall–Kier alpha value is -1.80. The quantitative estimate of drug-likeness (QED) is 0.0272. The van der Waals surface area contributed by atoms with Crippen molar-refractivity contribution in [3.8, 4) is 0 Å². The molecule has 3 atom stereocenters. The molecule has 0 heterocycles. The van der Waals surface area contributed by atoms with Gasteiger partial charge in [0.05, 0.1) is 39.9 Å². The molecule has 0 aromatic rings. The van der Waals surface area contributed by atoms with E-state index in [0.29, 0.717) is 17.4 Å². The van der Waals surface area contributed by atoms with Crippen LogP contribution < -0.4 is 10.2 Å². The van der Waals surface area contributed by atoms with E-state index in [4.69, 9.17) is 9.05 Å². The molecule has 0 aromatic heterocycles. The van der Waals surface area contributed by atoms with Gasteiger partial charge < -0.3 is 28.8 Å². The monoisotopic (exact) mass is 1000 g/mol. The van der Waals surface area contributed by atoms with Gasteiger partial charge in [-0.05, 0) is 57.8 Å². The number of aliphatic hydroxyl groups is 1. The summed E-state index contributed by atoms with van der Waals surface area (Å²) in [6.07, 6.45) is 70.8. The SMILES string of the molecule is CC/C=C\C/C=C\C/C=C\C/C=C\CCCCCCCCCCCCCCCCCCCCCCCCCCCCCCC(=O)NC(COP(=O)([O-])OCC[N+](C)(C)C)C(O)/C=C/CCCCCCC. The van der Waals surface area contributed by atoms with Crippen LogP contribution in [0.4, 0.5) is 0 Å². The van der Waals surface area contributed by atoms with Crippen LogP contribution in [0.1, 0.15) is 271 Å². The van der Waals surface area contributed by atoms with Crippen LogP contribution in [0.15, 0.2) is 60.8 Å². The van der Waals surface area contributed by atoms with Gasteiger partial charge in [0.25, 0.3) is 7.82 Å². The van der Waals surface area contributed by atoms with Crippen molar-refractivity contribution in [2.75, 3.05) is 40.9 Å². The first-order valence-electron chi connectivity index (χ1n) is 29.7. The number of nitrogens with one attached hydrogen (secondary N) is 1. The van der Waals surface area contributed by atoms with E-state index < -0.39 is 20.0 Å². The summed E-state index contributed by atoms with van der Waals surface area (Å²) in [5.74, 6) is -0.198. The lowest BCUT2D eigenvalue weighted by atomic mass is 10.0. The third kappa shape index (κ3) is 54.0. The minimum atomic E-state index is -4.58. The average Bonchev–Trinajstić information content (AvgIpc) is 3.32. The summed E-state index contributed by atoms with van der Waals surface area (Å²) in [4.78, 5) is 25.3. The first kappa shape index (κ1) is 68.2. The standard InChI is InChI=1S/C61H115N2O6P/c1-6-8-10-12-14-15-16-17-18-19-20-21-22-23-24-25-26-27-28-29-30-31-32-33-34-35-36-37-38-39-40-41-42-43-44-45-46-47-49-51-53-55-61(65)62-59(60(64)54-52-50-48-13-11-9-7-2)58-69-70(66,67)68-57-56-63(3,4)5/h8,10,14-15,17-18,20-21,52,54,59-60,64H,6-7,9,11-13,16,19,22-51,53,55-58H2,1-5H3,(H-,62,65,66,67)/b10-8-,15-14-,18-17-,21-20-,54-52+. The fraction of sp³-hybridized carbons (Fsp3) is 0.820. The molecule has 0 rings (SSSR count). The molecule has 0 fully saturated rings. The Balaban J connectivity index is 3.71. The third-order valence-electron chi connectivity index (χ3n) is 13.2. The second-order valence-corrected chi connectivity index (χ2v) is 22.7. The van der Waals surface area contributed by atoms with E-state index in [9.17, 15) is 19.4 Å². The maximum absolute atomic E-state index is 12.9. The normalized spacial score (nSPS) is 14.3. The summed E-state index contributed by atoms with van der Waals surface area (Å²) >= 11 is 0. The molecule has 0 aromatic carbocycles. The van der Waals surface area contributed by atoms with Crippen LogP contribution in [0.2, 0.25) is 0 Å². The molecule has 3 unspecified atom stereocenters. The van der Waals surface area contributed by atoms with Crippen molar-refractivity contribution in [1.82, 2.24) is 5.32 Å². The predicted molar refractivity (Wildman–Crippen MR) is 302 cm³/mol. The Morgan fingerprint density at radius 1 is 0.514 bits per heavy atom. The highest BCUT2D eigenvalue weighted by molar-refractivity contribution is 7.45. The van der Waals surface area contributed by atoms with Gasteiger partial charge in [-0.3, -0.25) is 9.36 Å². The topological polar surface area (TPSA) is 108 Å². The van der Waals surface area contributed by atoms with Gasteiger partial charge in [-0.25, -0.2) is 0 Å². The molecule has 8 nitrogen and oxygen atoms in total. The number of quaternary nitrogens is 1. The fourth-order valence-electron chi connectivity index (χ4n) is 8.62. The maximum Gasteiger partial charge on any atom is 0.268 e. The van der Waals surface area contributed by atoms with Gasteiger partial charge in [-0.15, -0.1) is 0 Å². The molecule has 0 aliphatic heterocycles. The Bertz CT molecular complexity index is 1320. The summed E-state index contributed by atoms with van der Waals surface area (Å²) in [7, 11) is 1.26. The van der Waals surface area contributed by atoms with E-state index in [-0.39, 0.29) is 19.1 Å². The Labute approximate surface area is 434 Å². The summed E-state index contributed by atoms with van der Waals surface area (Å²) in [5.41, 5.74) is 0. The number of allylic oxidation sites excluding steroid dienone is 9. The number of unbranched alkanes of at least 4 members (excludes halogenated alkanes) is 33. The molecule has 410 valence electrons. The van der Waals surface area contributed by atoms with E-state index in [2.05, 4.69) is 67.8 Å². The van der Waals surface area contributed by atoms with Crippen molar-refractivity contribution in [2.45, 2.75) is 283 Å². The lowest BCUT2D eigenvalue weighted by Gasteiger charge is -2.29. The van der Waals surface area contributed by atoms with Crippen LogP contribution >= 0.6 is 7.82 Å². The second-order valence-electron chi connectivity index (χ2n) is 21.3. The first-order valence-corrected chi connectivity index (χ1v) is 31.1. The molecule has 0 saturated heterocycles. The highest BCUT2D eigenvalue weighted by atomic mass is 31.2. The van der Waals surface area contributed by atoms with Crippen LogP contribution in [0.25, 0.3) is 0 Å². The number of likely N-dealkylation sites (N-methyl/N-ethyl adjacent to an activating group) is 1. The number of nitrogens with zero attached hydrogens (tertiary/aromatic N) is 1. The maximum atomic E-state index is 12.9. The first-order chi connectivity index (χ1) is 34.0. The molecule has 9 heteroatoms. The molecular weight excluding hydrogens is 888 g/mol. The molecule has 2 N–H and O–H groups in total. The molecule has 1 amide bonds. The zero-order valence-corrected chi connectivity index (χ0v) is 47.6. The molecular formula is C61H115N2O6P. The number of phosphoric ester groups is 1. The minimum absolute atomic E-state index is 0.000519. The smallest absolute Gasteiger partial charge is 0.268 e. The third-order valence-corrected chi connectivity index (χ3v) is 14.2. The number of aliphatic hydroxyl groups excluding tert-OH is 1. The van der Waals surface area contributed by atoms with Gasteiger partial charge in [-0.1, -0.05) is 267 Å². The highest BCUT2D eigenvalue weighted by Gasteiger charge is 2.23. The molecule has 0 spiro atoms. The molecule has 0 saturated carbocycles. The Morgan fingerprint density at radius 3 is 1.27 bits per heavy atom. The fourth-order valence-corrected chi connectivity index (χ4v) is 9.34. The van der Waals surface area contributed by atoms with E-state index in [0.717, 1.165) is 64.2 Å². The van der Waals surface area contributed by atoms with Crippen molar-refractivity contribution in [1.29, 1.82) is 0 Å². The van der Waals surface area contributed by atoms with Gasteiger partial charge >= 0.3 is 0 Å². The number of hydrogen-bond donors (Lipinski definition) is 2. The highest BCUT2D eigenvalue weighted by Crippen LogP contribution is 2.38. The summed E-state index contributed by atoms with van der Waals surface area (Å²) in [5, 5.41) is 13.7. The van der Waals surface area contributed by atoms with Crippen LogP contribution in [-0.4, -0.2) is 68.5 Å². The Kier molecular flexibility index (Phi) is 50.7. The number of rotatable bonds is 54. The average molecular weight is 1000 g/mol. The van der Waals surface area contributed by atoms with Gasteiger partial charge in [0.1, 0.15) is 13.2 Å². The van der Waals surface area contributed by atoms with E-state index in [1.807, 2.05) is 27.2 Å². The zero-order valence-electron chi connectivity index (χ0n) is 46.7. The van der Waals surface area contributed by atoms with Crippen LogP contribution in [0.3, 0.4) is 0 Å². The number of amides is 1. The second kappa shape index (κ2) is 52.1. The van der Waals surface area contributed by atoms with Crippen LogP contribution in [0.5, 0.6) is 0 Å². The number of hydrogen-bond acceptors (Lipinski definition) is 6. The van der Waals surface area contributed by atoms with Crippen LogP contribution in [-0.2, 0) is 18.4 Å². The minimum Gasteiger partial charge on any atom is -0.756 e. The van der Waals surface area contributed by atoms with E-state index >= 15 is 0 Å². The number of carbonyl (C=O) groups is 1. The van der Waals surface area contributed by atoms with Crippen molar-refractivity contribution in [3.63, 3.8) is 0 Å². The number of phosphoric acid groups is 1. The van der Waals surface area contributed by atoms with Crippen LogP contribution in [0, 0.1) is 0 Å². The van der Waals surface area contributed by atoms with Crippen molar-refractivity contribution in [3.05, 3.63) is 60.8 Å². The van der Waals surface area contributed by atoms with Crippen molar-refractivity contribution < 1.29 is 32.9 Å². The predicted octanol–water partition coefficient (Wildman–Crippen LogP) is 17.5. The van der Waals surface area contributed by atoms with Gasteiger partial charge in [0, 0.05) is 6.42 Å². The lowest BCUT2D eigenvalue weighted by Crippen LogP contribution is -2.45. The van der Waals surface area contributed by atoms with Gasteiger partial charge in [-0.2, -0.15) is 0 Å². The van der Waals surface area contributed by atoms with E-state index in [1.54, 1.807) is 6.08 Å². The van der Waals surface area contributed by atoms with Crippen molar-refractivity contribution >= 4 is 13.7 Å². The molecule has 0 aliphatic carbocycles. The summed E-state index contributed by atoms with van der Waals surface area (Å²) in [6.45, 7) is 4.48. The summed E-state index contributed by atoms with van der Waals surface area (Å²) in [6, 6.07) is -0.882. The van der Waals surface area contributed by atoms with Gasteiger partial charge in [0.15, 0.2) is 0 Å². The van der Waals surface area contributed by atoms with Crippen molar-refractivity contribution in [2.24, 2.45) is 0 Å². The van der Waals surface area contributed by atoms with Gasteiger partial charge in [0.2, 0.25) is 5.91 Å². The number of carbonyl (C=O) groups excluding carboxylic acids is 1. The molecule has 0 bridgehead atoms. The molecule has 70 heavy (non-hydrogen) atoms.